The molecular formula is C24H23F6NO2. The molecule has 1 N–H and O–H groups in total. The van der Waals surface area contributed by atoms with Crippen molar-refractivity contribution in [2.75, 3.05) is 12.4 Å². The summed E-state index contributed by atoms with van der Waals surface area (Å²) in [4.78, 5) is 12.7. The lowest BCUT2D eigenvalue weighted by molar-refractivity contribution is -0.141. The van der Waals surface area contributed by atoms with Crippen LogP contribution in [0.2, 0.25) is 0 Å². The van der Waals surface area contributed by atoms with Crippen LogP contribution in [-0.4, -0.2) is 13.0 Å². The number of amides is 1. The van der Waals surface area contributed by atoms with Crippen molar-refractivity contribution < 1.29 is 35.9 Å². The summed E-state index contributed by atoms with van der Waals surface area (Å²) in [5.74, 6) is -0.140. The lowest BCUT2D eigenvalue weighted by Gasteiger charge is -2.17. The third-order valence-corrected chi connectivity index (χ3v) is 4.69. The molecule has 0 heterocycles. The number of methoxy groups -OCH3 is 1. The van der Waals surface area contributed by atoms with E-state index in [1.54, 1.807) is 19.1 Å². The average Bonchev–Trinajstić information content (AvgIpc) is 2.72. The molecule has 33 heavy (non-hydrogen) atoms. The number of nitrogens with one attached hydrogen (secondary N) is 1. The van der Waals surface area contributed by atoms with Gasteiger partial charge in [0, 0.05) is 11.6 Å². The van der Waals surface area contributed by atoms with Gasteiger partial charge in [0.25, 0.3) is 5.91 Å². The van der Waals surface area contributed by atoms with Crippen molar-refractivity contribution in [2.24, 2.45) is 5.92 Å². The molecule has 1 amide bonds. The van der Waals surface area contributed by atoms with E-state index in [-0.39, 0.29) is 22.7 Å². The van der Waals surface area contributed by atoms with Gasteiger partial charge in [0.2, 0.25) is 0 Å². The number of anilines is 1. The largest absolute Gasteiger partial charge is 0.500 e. The third-order valence-electron chi connectivity index (χ3n) is 4.69. The van der Waals surface area contributed by atoms with Gasteiger partial charge >= 0.3 is 12.4 Å². The van der Waals surface area contributed by atoms with E-state index in [9.17, 15) is 31.1 Å². The Morgan fingerprint density at radius 1 is 0.970 bits per heavy atom. The maximum absolute atomic E-state index is 13.4. The van der Waals surface area contributed by atoms with Gasteiger partial charge in [-0.25, -0.2) is 0 Å². The van der Waals surface area contributed by atoms with E-state index in [4.69, 9.17) is 4.74 Å². The van der Waals surface area contributed by atoms with E-state index >= 15 is 0 Å². The lowest BCUT2D eigenvalue weighted by atomic mass is 9.96. The summed E-state index contributed by atoms with van der Waals surface area (Å²) < 4.78 is 84.7. The highest BCUT2D eigenvalue weighted by Gasteiger charge is 2.37. The van der Waals surface area contributed by atoms with Crippen LogP contribution in [0.5, 0.6) is 0 Å². The van der Waals surface area contributed by atoms with Crippen molar-refractivity contribution in [1.82, 2.24) is 0 Å². The Labute approximate surface area is 187 Å². The molecule has 0 fully saturated rings. The number of carbonyl (C=O) groups excluding carboxylic acids is 1. The zero-order valence-corrected chi connectivity index (χ0v) is 18.4. The van der Waals surface area contributed by atoms with Gasteiger partial charge in [-0.3, -0.25) is 4.79 Å². The maximum Gasteiger partial charge on any atom is 0.417 e. The predicted octanol–water partition coefficient (Wildman–Crippen LogP) is 7.46. The molecule has 0 aliphatic carbocycles. The Hall–Kier alpha value is -3.23. The van der Waals surface area contributed by atoms with Gasteiger partial charge in [-0.15, -0.1) is 0 Å². The molecule has 0 saturated heterocycles. The number of halogens is 6. The molecule has 0 aromatic heterocycles. The van der Waals surface area contributed by atoms with E-state index in [0.717, 1.165) is 0 Å². The summed E-state index contributed by atoms with van der Waals surface area (Å²) >= 11 is 0. The van der Waals surface area contributed by atoms with Crippen LogP contribution in [0, 0.1) is 5.92 Å². The van der Waals surface area contributed by atoms with Gasteiger partial charge in [0.1, 0.15) is 5.76 Å². The molecule has 178 valence electrons. The third kappa shape index (κ3) is 6.40. The molecule has 0 unspecified atom stereocenters. The standard InChI is InChI=1S/C24H23F6NO2/c1-5-6-18(21(33-4)14(2)3)22(32)31-17-10-7-15(8-11-17)19-13-16(23(25,26)27)9-12-20(19)24(28,29)30/h5-14H,1-4H3,(H,31,32)/b6-5?,21-18-. The van der Waals surface area contributed by atoms with Crippen LogP contribution in [0.1, 0.15) is 31.9 Å². The number of benzene rings is 2. The SMILES string of the molecule is CC=C/C(C(=O)Nc1ccc(-c2cc(C(F)(F)F)ccc2C(F)(F)F)cc1)=C(/OC)C(C)C. The minimum absolute atomic E-state index is 0.0737. The van der Waals surface area contributed by atoms with E-state index in [1.807, 2.05) is 13.8 Å². The fraction of sp³-hybridized carbons (Fsp3) is 0.292. The zero-order chi connectivity index (χ0) is 25.0. The highest BCUT2D eigenvalue weighted by molar-refractivity contribution is 6.06. The van der Waals surface area contributed by atoms with Gasteiger partial charge < -0.3 is 10.1 Å². The van der Waals surface area contributed by atoms with Gasteiger partial charge in [0.15, 0.2) is 0 Å². The number of rotatable bonds is 6. The highest BCUT2D eigenvalue weighted by atomic mass is 19.4. The van der Waals surface area contributed by atoms with Crippen LogP contribution in [0.4, 0.5) is 32.0 Å². The van der Waals surface area contributed by atoms with E-state index in [0.29, 0.717) is 24.0 Å². The van der Waals surface area contributed by atoms with Crippen molar-refractivity contribution in [3.63, 3.8) is 0 Å². The Bertz CT molecular complexity index is 1050. The van der Waals surface area contributed by atoms with Crippen molar-refractivity contribution in [3.05, 3.63) is 77.1 Å². The minimum atomic E-state index is -4.84. The Morgan fingerprint density at radius 2 is 1.58 bits per heavy atom. The Morgan fingerprint density at radius 3 is 2.03 bits per heavy atom. The van der Waals surface area contributed by atoms with Crippen molar-refractivity contribution in [3.8, 4) is 11.1 Å². The van der Waals surface area contributed by atoms with E-state index < -0.39 is 35.0 Å². The van der Waals surface area contributed by atoms with Crippen LogP contribution < -0.4 is 5.32 Å². The molecule has 0 atom stereocenters. The number of hydrogen-bond donors (Lipinski definition) is 1. The molecule has 0 bridgehead atoms. The molecule has 2 aromatic carbocycles. The van der Waals surface area contributed by atoms with Gasteiger partial charge in [-0.1, -0.05) is 38.1 Å². The van der Waals surface area contributed by atoms with Crippen LogP contribution in [0.15, 0.2) is 65.9 Å². The second-order valence-corrected chi connectivity index (χ2v) is 7.42. The number of alkyl halides is 6. The smallest absolute Gasteiger partial charge is 0.417 e. The summed E-state index contributed by atoms with van der Waals surface area (Å²) in [6.45, 7) is 5.42. The number of ether oxygens (including phenoxy) is 1. The first kappa shape index (κ1) is 26.0. The number of hydrogen-bond acceptors (Lipinski definition) is 2. The predicted molar refractivity (Wildman–Crippen MR) is 114 cm³/mol. The van der Waals surface area contributed by atoms with E-state index in [1.165, 1.54) is 31.4 Å². The first-order chi connectivity index (χ1) is 15.3. The van der Waals surface area contributed by atoms with Gasteiger partial charge in [0.05, 0.1) is 23.8 Å². The average molecular weight is 471 g/mol. The Balaban J connectivity index is 2.44. The minimum Gasteiger partial charge on any atom is -0.500 e. The second-order valence-electron chi connectivity index (χ2n) is 7.42. The molecule has 0 aliphatic rings. The molecule has 0 spiro atoms. The quantitative estimate of drug-likeness (QED) is 0.206. The van der Waals surface area contributed by atoms with Crippen LogP contribution in [0.25, 0.3) is 11.1 Å². The first-order valence-electron chi connectivity index (χ1n) is 9.90. The van der Waals surface area contributed by atoms with E-state index in [2.05, 4.69) is 5.32 Å². The highest BCUT2D eigenvalue weighted by Crippen LogP contribution is 2.40. The van der Waals surface area contributed by atoms with Crippen LogP contribution in [0.3, 0.4) is 0 Å². The maximum atomic E-state index is 13.4. The summed E-state index contributed by atoms with van der Waals surface area (Å²) in [5.41, 5.74) is -2.53. The lowest BCUT2D eigenvalue weighted by Crippen LogP contribution is -2.17. The van der Waals surface area contributed by atoms with Crippen molar-refractivity contribution in [2.45, 2.75) is 33.1 Å². The molecule has 0 radical (unpaired) electrons. The molecule has 3 nitrogen and oxygen atoms in total. The number of allylic oxidation sites excluding steroid dienone is 2. The normalized spacial score (nSPS) is 13.3. The fourth-order valence-corrected chi connectivity index (χ4v) is 3.23. The first-order valence-corrected chi connectivity index (χ1v) is 9.90. The summed E-state index contributed by atoms with van der Waals surface area (Å²) in [5, 5.41) is 2.63. The monoisotopic (exact) mass is 471 g/mol. The topological polar surface area (TPSA) is 38.3 Å². The van der Waals surface area contributed by atoms with Crippen molar-refractivity contribution >= 4 is 11.6 Å². The molecule has 2 aromatic rings. The fourth-order valence-electron chi connectivity index (χ4n) is 3.23. The summed E-state index contributed by atoms with van der Waals surface area (Å²) in [6.07, 6.45) is -6.41. The molecule has 9 heteroatoms. The molecular weight excluding hydrogens is 448 g/mol. The van der Waals surface area contributed by atoms with Gasteiger partial charge in [-0.05, 0) is 48.4 Å². The number of carbonyl (C=O) groups is 1. The molecule has 0 aliphatic heterocycles. The van der Waals surface area contributed by atoms with Crippen LogP contribution >= 0.6 is 0 Å². The second kappa shape index (κ2) is 10.1. The van der Waals surface area contributed by atoms with Crippen molar-refractivity contribution in [1.29, 1.82) is 0 Å². The summed E-state index contributed by atoms with van der Waals surface area (Å²) in [6, 6.07) is 6.37. The Kier molecular flexibility index (Phi) is 8.00. The molecule has 0 saturated carbocycles. The molecule has 2 rings (SSSR count). The van der Waals surface area contributed by atoms with Crippen LogP contribution in [-0.2, 0) is 21.9 Å². The summed E-state index contributed by atoms with van der Waals surface area (Å²) in [7, 11) is 1.44. The van der Waals surface area contributed by atoms with Gasteiger partial charge in [-0.2, -0.15) is 26.3 Å². The zero-order valence-electron chi connectivity index (χ0n) is 18.4.